The first-order valence-electron chi connectivity index (χ1n) is 5.16. The molecule has 84 valence electrons. The molecule has 0 spiro atoms. The second kappa shape index (κ2) is 6.21. The summed E-state index contributed by atoms with van der Waals surface area (Å²) in [6, 6.07) is 6.91. The number of halogens is 2. The molecule has 1 aromatic carbocycles. The third kappa shape index (κ3) is 4.04. The molecule has 1 nitrogen and oxygen atoms in total. The molecule has 0 aliphatic carbocycles. The lowest BCUT2D eigenvalue weighted by Gasteiger charge is -2.20. The van der Waals surface area contributed by atoms with Crippen molar-refractivity contribution >= 4 is 38.5 Å². The molecule has 0 amide bonds. The van der Waals surface area contributed by atoms with Crippen LogP contribution in [0.1, 0.15) is 31.9 Å². The zero-order valence-electron chi connectivity index (χ0n) is 9.35. The van der Waals surface area contributed by atoms with Crippen LogP contribution in [0.15, 0.2) is 22.7 Å². The Bertz CT molecular complexity index is 325. The van der Waals surface area contributed by atoms with Crippen molar-refractivity contribution in [2.24, 2.45) is 5.92 Å². The van der Waals surface area contributed by atoms with Gasteiger partial charge in [0.25, 0.3) is 0 Å². The van der Waals surface area contributed by atoms with Crippen molar-refractivity contribution in [2.45, 2.75) is 26.3 Å². The van der Waals surface area contributed by atoms with Crippen molar-refractivity contribution in [3.05, 3.63) is 31.8 Å². The average Bonchev–Trinajstić information content (AvgIpc) is 2.18. The average molecular weight is 382 g/mol. The number of nitrogens with one attached hydrogen (secondary N) is 1. The second-order valence-corrected chi connectivity index (χ2v) is 6.21. The zero-order chi connectivity index (χ0) is 11.4. The highest BCUT2D eigenvalue weighted by atomic mass is 127. The maximum atomic E-state index is 3.53. The van der Waals surface area contributed by atoms with Crippen molar-refractivity contribution in [2.75, 3.05) is 7.05 Å². The van der Waals surface area contributed by atoms with Gasteiger partial charge in [0.1, 0.15) is 0 Å². The van der Waals surface area contributed by atoms with Gasteiger partial charge in [-0.3, -0.25) is 0 Å². The van der Waals surface area contributed by atoms with Crippen molar-refractivity contribution < 1.29 is 0 Å². The van der Waals surface area contributed by atoms with Gasteiger partial charge >= 0.3 is 0 Å². The lowest BCUT2D eigenvalue weighted by molar-refractivity contribution is 0.455. The van der Waals surface area contributed by atoms with Crippen LogP contribution in [0, 0.1) is 9.49 Å². The monoisotopic (exact) mass is 381 g/mol. The van der Waals surface area contributed by atoms with Crippen LogP contribution in [0.5, 0.6) is 0 Å². The second-order valence-electron chi connectivity index (χ2n) is 4.14. The molecule has 0 aromatic heterocycles. The van der Waals surface area contributed by atoms with Crippen molar-refractivity contribution in [1.82, 2.24) is 5.32 Å². The van der Waals surface area contributed by atoms with E-state index in [9.17, 15) is 0 Å². The zero-order valence-corrected chi connectivity index (χ0v) is 13.1. The van der Waals surface area contributed by atoms with Crippen LogP contribution in [0.25, 0.3) is 0 Å². The lowest BCUT2D eigenvalue weighted by Crippen LogP contribution is -2.19. The first-order valence-corrected chi connectivity index (χ1v) is 7.04. The molecule has 0 radical (unpaired) electrons. The minimum atomic E-state index is 0.453. The van der Waals surface area contributed by atoms with Crippen LogP contribution in [-0.4, -0.2) is 7.05 Å². The highest BCUT2D eigenvalue weighted by molar-refractivity contribution is 14.1. The van der Waals surface area contributed by atoms with Crippen LogP contribution in [0.2, 0.25) is 0 Å². The Labute approximate surface area is 114 Å². The predicted molar refractivity (Wildman–Crippen MR) is 78.1 cm³/mol. The molecular weight excluding hydrogens is 365 g/mol. The molecular formula is C12H17BrIN. The van der Waals surface area contributed by atoms with Gasteiger partial charge in [-0.15, -0.1) is 0 Å². The van der Waals surface area contributed by atoms with E-state index in [4.69, 9.17) is 0 Å². The normalized spacial score (nSPS) is 13.2. The van der Waals surface area contributed by atoms with E-state index in [0.717, 1.165) is 4.47 Å². The largest absolute Gasteiger partial charge is 0.313 e. The molecule has 0 heterocycles. The standard InChI is InChI=1S/C12H17BrIN/c1-8(2)6-12(15-3)10-7-9(13)4-5-11(10)14/h4-5,7-8,12,15H,6H2,1-3H3. The van der Waals surface area contributed by atoms with Gasteiger partial charge in [-0.2, -0.15) is 0 Å². The summed E-state index contributed by atoms with van der Waals surface area (Å²) in [5.41, 5.74) is 1.39. The van der Waals surface area contributed by atoms with Gasteiger partial charge in [-0.05, 0) is 65.7 Å². The molecule has 0 bridgehead atoms. The van der Waals surface area contributed by atoms with Crippen molar-refractivity contribution in [1.29, 1.82) is 0 Å². The van der Waals surface area contributed by atoms with E-state index in [-0.39, 0.29) is 0 Å². The Morgan fingerprint density at radius 1 is 1.40 bits per heavy atom. The molecule has 0 saturated carbocycles. The fourth-order valence-corrected chi connectivity index (χ4v) is 2.74. The minimum Gasteiger partial charge on any atom is -0.313 e. The Hall–Kier alpha value is 0.390. The van der Waals surface area contributed by atoms with Gasteiger partial charge in [-0.25, -0.2) is 0 Å². The third-order valence-corrected chi connectivity index (χ3v) is 3.86. The summed E-state index contributed by atoms with van der Waals surface area (Å²) in [6.07, 6.45) is 1.17. The summed E-state index contributed by atoms with van der Waals surface area (Å²) in [5.74, 6) is 0.706. The summed E-state index contributed by atoms with van der Waals surface area (Å²) in [5, 5.41) is 3.39. The van der Waals surface area contributed by atoms with E-state index in [1.165, 1.54) is 15.6 Å². The highest BCUT2D eigenvalue weighted by Crippen LogP contribution is 2.27. The summed E-state index contributed by atoms with van der Waals surface area (Å²) >= 11 is 5.93. The third-order valence-electron chi connectivity index (χ3n) is 2.39. The van der Waals surface area contributed by atoms with Gasteiger partial charge in [0, 0.05) is 14.1 Å². The number of rotatable bonds is 4. The quantitative estimate of drug-likeness (QED) is 0.764. The maximum absolute atomic E-state index is 3.53. The molecule has 1 N–H and O–H groups in total. The van der Waals surface area contributed by atoms with Gasteiger partial charge in [0.2, 0.25) is 0 Å². The van der Waals surface area contributed by atoms with E-state index in [1.807, 2.05) is 7.05 Å². The van der Waals surface area contributed by atoms with Crippen LogP contribution in [-0.2, 0) is 0 Å². The lowest BCUT2D eigenvalue weighted by atomic mass is 9.97. The number of hydrogen-bond acceptors (Lipinski definition) is 1. The first-order chi connectivity index (χ1) is 7.04. The van der Waals surface area contributed by atoms with Crippen LogP contribution in [0.4, 0.5) is 0 Å². The topological polar surface area (TPSA) is 12.0 Å². The summed E-state index contributed by atoms with van der Waals surface area (Å²) in [6.45, 7) is 4.52. The number of hydrogen-bond donors (Lipinski definition) is 1. The SMILES string of the molecule is CNC(CC(C)C)c1cc(Br)ccc1I. The highest BCUT2D eigenvalue weighted by Gasteiger charge is 2.14. The van der Waals surface area contributed by atoms with Crippen molar-refractivity contribution in [3.63, 3.8) is 0 Å². The van der Waals surface area contributed by atoms with E-state index in [0.29, 0.717) is 12.0 Å². The van der Waals surface area contributed by atoms with Gasteiger partial charge in [0.05, 0.1) is 0 Å². The van der Waals surface area contributed by atoms with E-state index in [1.54, 1.807) is 0 Å². The first kappa shape index (κ1) is 13.5. The molecule has 1 rings (SSSR count). The van der Waals surface area contributed by atoms with Gasteiger partial charge in [0.15, 0.2) is 0 Å². The minimum absolute atomic E-state index is 0.453. The van der Waals surface area contributed by atoms with Crippen LogP contribution < -0.4 is 5.32 Å². The summed E-state index contributed by atoms with van der Waals surface area (Å²) in [4.78, 5) is 0. The molecule has 1 atom stereocenters. The van der Waals surface area contributed by atoms with Crippen molar-refractivity contribution in [3.8, 4) is 0 Å². The molecule has 0 fully saturated rings. The van der Waals surface area contributed by atoms with Crippen LogP contribution >= 0.6 is 38.5 Å². The van der Waals surface area contributed by atoms with E-state index < -0.39 is 0 Å². The maximum Gasteiger partial charge on any atom is 0.0330 e. The van der Waals surface area contributed by atoms with E-state index in [2.05, 4.69) is 75.9 Å². The Kier molecular flexibility index (Phi) is 5.57. The molecule has 3 heteroatoms. The molecule has 1 aromatic rings. The molecule has 0 aliphatic rings. The summed E-state index contributed by atoms with van der Waals surface area (Å²) in [7, 11) is 2.03. The molecule has 15 heavy (non-hydrogen) atoms. The van der Waals surface area contributed by atoms with Gasteiger partial charge in [-0.1, -0.05) is 29.8 Å². The fraction of sp³-hybridized carbons (Fsp3) is 0.500. The van der Waals surface area contributed by atoms with Crippen LogP contribution in [0.3, 0.4) is 0 Å². The fourth-order valence-electron chi connectivity index (χ4n) is 1.65. The van der Waals surface area contributed by atoms with Gasteiger partial charge < -0.3 is 5.32 Å². The summed E-state index contributed by atoms with van der Waals surface area (Å²) < 4.78 is 2.48. The molecule has 0 aliphatic heterocycles. The Morgan fingerprint density at radius 3 is 2.60 bits per heavy atom. The van der Waals surface area contributed by atoms with E-state index >= 15 is 0 Å². The smallest absolute Gasteiger partial charge is 0.0330 e. The predicted octanol–water partition coefficient (Wildman–Crippen LogP) is 4.36. The Balaban J connectivity index is 2.95. The number of benzene rings is 1. The molecule has 1 unspecified atom stereocenters. The Morgan fingerprint density at radius 2 is 2.07 bits per heavy atom. The molecule has 0 saturated heterocycles.